The van der Waals surface area contributed by atoms with Gasteiger partial charge in [-0.15, -0.1) is 0 Å². The van der Waals surface area contributed by atoms with E-state index in [0.717, 1.165) is 45.0 Å². The highest BCUT2D eigenvalue weighted by molar-refractivity contribution is 7.16. The maximum Gasteiger partial charge on any atom is 0.324 e. The number of thiophene rings is 1. The topological polar surface area (TPSA) is 81.5 Å². The Morgan fingerprint density at radius 3 is 2.70 bits per heavy atom. The van der Waals surface area contributed by atoms with E-state index < -0.39 is 4.92 Å². The summed E-state index contributed by atoms with van der Waals surface area (Å²) in [6.45, 7) is 2.11. The molecule has 2 aromatic heterocycles. The van der Waals surface area contributed by atoms with Gasteiger partial charge in [0.05, 0.1) is 15.5 Å². The second-order valence-corrected chi connectivity index (χ2v) is 7.01. The number of benzene rings is 2. The summed E-state index contributed by atoms with van der Waals surface area (Å²) in [7, 11) is 0. The number of oxazole rings is 1. The van der Waals surface area contributed by atoms with Gasteiger partial charge in [0.1, 0.15) is 5.52 Å². The van der Waals surface area contributed by atoms with Crippen LogP contribution in [0, 0.1) is 10.1 Å². The van der Waals surface area contributed by atoms with Crippen LogP contribution in [0.1, 0.15) is 17.4 Å². The number of rotatable bonds is 5. The lowest BCUT2D eigenvalue weighted by atomic mass is 10.1. The van der Waals surface area contributed by atoms with Crippen molar-refractivity contribution in [1.29, 1.82) is 0 Å². The van der Waals surface area contributed by atoms with Crippen LogP contribution < -0.4 is 0 Å². The number of hydrogen-bond acceptors (Lipinski definition) is 6. The first-order valence-electron chi connectivity index (χ1n) is 8.40. The van der Waals surface area contributed by atoms with Crippen LogP contribution in [0.2, 0.25) is 0 Å². The molecule has 0 N–H and O–H groups in total. The Hall–Kier alpha value is -3.32. The zero-order valence-corrected chi connectivity index (χ0v) is 15.3. The summed E-state index contributed by atoms with van der Waals surface area (Å²) in [4.78, 5) is 20.0. The van der Waals surface area contributed by atoms with E-state index in [4.69, 9.17) is 4.42 Å². The van der Waals surface area contributed by atoms with Crippen molar-refractivity contribution in [1.82, 2.24) is 4.98 Å². The fourth-order valence-corrected chi connectivity index (χ4v) is 3.35. The summed E-state index contributed by atoms with van der Waals surface area (Å²) >= 11 is 1.09. The molecule has 2 heterocycles. The molecular formula is C20H15N3O3S. The number of nitro groups is 1. The minimum absolute atomic E-state index is 0.106. The number of aryl methyl sites for hydroxylation is 1. The van der Waals surface area contributed by atoms with Crippen molar-refractivity contribution in [3.8, 4) is 11.5 Å². The Kier molecular flexibility index (Phi) is 4.52. The van der Waals surface area contributed by atoms with Gasteiger partial charge in [-0.2, -0.15) is 0 Å². The summed E-state index contributed by atoms with van der Waals surface area (Å²) in [5.41, 5.74) is 4.46. The van der Waals surface area contributed by atoms with E-state index in [2.05, 4.69) is 16.9 Å². The van der Waals surface area contributed by atoms with Gasteiger partial charge in [0, 0.05) is 17.8 Å². The highest BCUT2D eigenvalue weighted by Gasteiger charge is 2.09. The molecule has 0 saturated heterocycles. The van der Waals surface area contributed by atoms with Gasteiger partial charge in [0.25, 0.3) is 0 Å². The molecule has 0 aliphatic rings. The Balaban J connectivity index is 1.54. The zero-order chi connectivity index (χ0) is 18.8. The van der Waals surface area contributed by atoms with Crippen LogP contribution in [0.3, 0.4) is 0 Å². The van der Waals surface area contributed by atoms with Gasteiger partial charge in [-0.05, 0) is 54.4 Å². The van der Waals surface area contributed by atoms with Gasteiger partial charge >= 0.3 is 5.00 Å². The van der Waals surface area contributed by atoms with Gasteiger partial charge in [-0.25, -0.2) is 4.98 Å². The minimum Gasteiger partial charge on any atom is -0.436 e. The molecule has 0 spiro atoms. The summed E-state index contributed by atoms with van der Waals surface area (Å²) in [5, 5.41) is 10.8. The molecule has 134 valence electrons. The highest BCUT2D eigenvalue weighted by atomic mass is 32.1. The van der Waals surface area contributed by atoms with Gasteiger partial charge in [0.2, 0.25) is 5.89 Å². The first kappa shape index (κ1) is 17.1. The normalized spacial score (nSPS) is 11.4. The number of hydrogen-bond donors (Lipinski definition) is 0. The quantitative estimate of drug-likeness (QED) is 0.251. The van der Waals surface area contributed by atoms with E-state index in [9.17, 15) is 10.1 Å². The monoisotopic (exact) mass is 377 g/mol. The molecule has 2 aromatic carbocycles. The molecule has 27 heavy (non-hydrogen) atoms. The molecule has 0 atom stereocenters. The number of aromatic nitrogens is 1. The van der Waals surface area contributed by atoms with Crippen LogP contribution in [-0.2, 0) is 6.42 Å². The maximum absolute atomic E-state index is 10.7. The molecule has 0 unspecified atom stereocenters. The highest BCUT2D eigenvalue weighted by Crippen LogP contribution is 2.27. The van der Waals surface area contributed by atoms with Crippen molar-refractivity contribution in [2.24, 2.45) is 4.99 Å². The third-order valence-electron chi connectivity index (χ3n) is 4.11. The predicted molar refractivity (Wildman–Crippen MR) is 107 cm³/mol. The maximum atomic E-state index is 10.7. The fraction of sp³-hybridized carbons (Fsp3) is 0.100. The van der Waals surface area contributed by atoms with Crippen LogP contribution in [0.25, 0.3) is 22.6 Å². The summed E-state index contributed by atoms with van der Waals surface area (Å²) < 4.78 is 5.84. The molecule has 0 aliphatic carbocycles. The van der Waals surface area contributed by atoms with Crippen molar-refractivity contribution in [3.05, 3.63) is 75.2 Å². The predicted octanol–water partition coefficient (Wildman–Crippen LogP) is 5.78. The molecular weight excluding hydrogens is 362 g/mol. The largest absolute Gasteiger partial charge is 0.436 e. The van der Waals surface area contributed by atoms with Crippen molar-refractivity contribution >= 4 is 39.3 Å². The first-order chi connectivity index (χ1) is 13.1. The van der Waals surface area contributed by atoms with Crippen LogP contribution in [-0.4, -0.2) is 16.1 Å². The Morgan fingerprint density at radius 1 is 1.19 bits per heavy atom. The third-order valence-corrected chi connectivity index (χ3v) is 5.08. The van der Waals surface area contributed by atoms with Crippen LogP contribution in [0.15, 0.2) is 64.0 Å². The lowest BCUT2D eigenvalue weighted by Crippen LogP contribution is -1.80. The molecule has 0 bridgehead atoms. The summed E-state index contributed by atoms with van der Waals surface area (Å²) in [6.07, 6.45) is 2.58. The Labute approximate surface area is 159 Å². The standard InChI is InChI=1S/C20H15N3O3S/c1-2-13-3-9-18-17(11-13)22-20(26-18)14-4-6-15(7-5-14)21-12-16-8-10-19(27-16)23(24)25/h3-12H,2H2,1H3. The number of aliphatic imine (C=N–C) groups is 1. The van der Waals surface area contributed by atoms with E-state index in [1.54, 1.807) is 12.3 Å². The molecule has 6 nitrogen and oxygen atoms in total. The average Bonchev–Trinajstić information content (AvgIpc) is 3.33. The van der Waals surface area contributed by atoms with Crippen molar-refractivity contribution in [2.75, 3.05) is 0 Å². The van der Waals surface area contributed by atoms with E-state index in [0.29, 0.717) is 5.89 Å². The van der Waals surface area contributed by atoms with E-state index in [1.165, 1.54) is 11.6 Å². The van der Waals surface area contributed by atoms with Crippen molar-refractivity contribution in [2.45, 2.75) is 13.3 Å². The Bertz CT molecular complexity index is 1140. The number of fused-ring (bicyclic) bond motifs is 1. The average molecular weight is 377 g/mol. The fourth-order valence-electron chi connectivity index (χ4n) is 2.65. The third kappa shape index (κ3) is 3.63. The van der Waals surface area contributed by atoms with Gasteiger partial charge in [0.15, 0.2) is 5.58 Å². The van der Waals surface area contributed by atoms with Gasteiger partial charge in [-0.3, -0.25) is 15.1 Å². The second kappa shape index (κ2) is 7.13. The van der Waals surface area contributed by atoms with Crippen LogP contribution in [0.4, 0.5) is 10.7 Å². The lowest BCUT2D eigenvalue weighted by Gasteiger charge is -1.96. The smallest absolute Gasteiger partial charge is 0.324 e. The van der Waals surface area contributed by atoms with Crippen LogP contribution >= 0.6 is 11.3 Å². The minimum atomic E-state index is -0.402. The summed E-state index contributed by atoms with van der Waals surface area (Å²) in [6, 6.07) is 16.7. The molecule has 0 amide bonds. The van der Waals surface area contributed by atoms with E-state index in [1.807, 2.05) is 42.5 Å². The Morgan fingerprint density at radius 2 is 2.00 bits per heavy atom. The molecule has 0 radical (unpaired) electrons. The van der Waals surface area contributed by atoms with E-state index >= 15 is 0 Å². The molecule has 0 saturated carbocycles. The molecule has 4 rings (SSSR count). The molecule has 7 heteroatoms. The summed E-state index contributed by atoms with van der Waals surface area (Å²) in [5.74, 6) is 0.572. The molecule has 0 aliphatic heterocycles. The zero-order valence-electron chi connectivity index (χ0n) is 14.5. The first-order valence-corrected chi connectivity index (χ1v) is 9.22. The van der Waals surface area contributed by atoms with Crippen molar-refractivity contribution < 1.29 is 9.34 Å². The lowest BCUT2D eigenvalue weighted by molar-refractivity contribution is -0.380. The van der Waals surface area contributed by atoms with Gasteiger partial charge in [-0.1, -0.05) is 24.3 Å². The molecule has 0 fully saturated rings. The molecule has 4 aromatic rings. The van der Waals surface area contributed by atoms with Gasteiger partial charge < -0.3 is 4.42 Å². The van der Waals surface area contributed by atoms with E-state index in [-0.39, 0.29) is 5.00 Å². The number of nitrogens with zero attached hydrogens (tertiary/aromatic N) is 3. The van der Waals surface area contributed by atoms with Crippen molar-refractivity contribution in [3.63, 3.8) is 0 Å². The second-order valence-electron chi connectivity index (χ2n) is 5.91. The van der Waals surface area contributed by atoms with Crippen LogP contribution in [0.5, 0.6) is 0 Å². The SMILES string of the molecule is CCc1ccc2oc(-c3ccc(N=Cc4ccc([N+](=O)[O-])s4)cc3)nc2c1.